The minimum absolute atomic E-state index is 0.186. The highest BCUT2D eigenvalue weighted by molar-refractivity contribution is 5.84. The molecule has 0 bridgehead atoms. The quantitative estimate of drug-likeness (QED) is 0.382. The number of rotatable bonds is 9. The van der Waals surface area contributed by atoms with E-state index in [1.807, 2.05) is 29.7 Å². The van der Waals surface area contributed by atoms with Crippen molar-refractivity contribution in [2.75, 3.05) is 23.5 Å². The van der Waals surface area contributed by atoms with E-state index in [2.05, 4.69) is 34.4 Å². The number of nitrogens with zero attached hydrogens (tertiary/aromatic N) is 4. The molecule has 5 N–H and O–H groups in total. The Morgan fingerprint density at radius 3 is 2.61 bits per heavy atom. The van der Waals surface area contributed by atoms with E-state index in [0.29, 0.717) is 35.3 Å². The van der Waals surface area contributed by atoms with Gasteiger partial charge in [-0.1, -0.05) is 19.1 Å². The number of nitrogens with two attached hydrogens (primary N) is 1. The van der Waals surface area contributed by atoms with Crippen LogP contribution in [0.3, 0.4) is 0 Å². The second kappa shape index (κ2) is 8.97. The van der Waals surface area contributed by atoms with Crippen LogP contribution in [0.25, 0.3) is 11.2 Å². The van der Waals surface area contributed by atoms with Crippen molar-refractivity contribution in [3.05, 3.63) is 30.1 Å². The van der Waals surface area contributed by atoms with Crippen molar-refractivity contribution >= 4 is 28.6 Å². The lowest BCUT2D eigenvalue weighted by Gasteiger charge is -2.29. The zero-order chi connectivity index (χ0) is 22.8. The molecular formula is C22H33N7O2. The molecule has 31 heavy (non-hydrogen) atoms. The second-order valence-corrected chi connectivity index (χ2v) is 8.46. The fourth-order valence-electron chi connectivity index (χ4n) is 3.52. The first-order valence-electron chi connectivity index (χ1n) is 10.5. The Morgan fingerprint density at radius 2 is 2.00 bits per heavy atom. The van der Waals surface area contributed by atoms with Gasteiger partial charge in [-0.25, -0.2) is 4.98 Å². The number of methoxy groups -OCH3 is 1. The highest BCUT2D eigenvalue weighted by Gasteiger charge is 2.26. The van der Waals surface area contributed by atoms with Crippen molar-refractivity contribution < 1.29 is 9.84 Å². The van der Waals surface area contributed by atoms with Gasteiger partial charge in [-0.3, -0.25) is 0 Å². The Morgan fingerprint density at radius 1 is 1.26 bits per heavy atom. The lowest BCUT2D eigenvalue weighted by molar-refractivity contribution is 0.0577. The highest BCUT2D eigenvalue weighted by Crippen LogP contribution is 2.28. The first kappa shape index (κ1) is 22.6. The van der Waals surface area contributed by atoms with Crippen LogP contribution in [0.15, 0.2) is 24.5 Å². The number of nitrogen functional groups attached to an aromatic ring is 1. The van der Waals surface area contributed by atoms with Crippen LogP contribution in [0.1, 0.15) is 52.6 Å². The average molecular weight is 428 g/mol. The third kappa shape index (κ3) is 4.82. The van der Waals surface area contributed by atoms with Crippen molar-refractivity contribution in [3.8, 4) is 5.75 Å². The van der Waals surface area contributed by atoms with Gasteiger partial charge in [0.2, 0.25) is 5.95 Å². The standard InChI is InChI=1S/C22H33N7O2/c1-7-16(22(4,5)30)26-21-27-19(18-20(28-21)29(12-25-18)13(2)3)24-11-14-9-8-10-15(31-6)17(14)23/h8-10,12-13,16,30H,7,11,23H2,1-6H3,(H2,24,26,27,28). The molecule has 0 saturated heterocycles. The third-order valence-electron chi connectivity index (χ3n) is 5.36. The Hall–Kier alpha value is -3.07. The molecule has 2 heterocycles. The van der Waals surface area contributed by atoms with Crippen molar-refractivity contribution in [3.63, 3.8) is 0 Å². The van der Waals surface area contributed by atoms with E-state index in [1.54, 1.807) is 27.3 Å². The van der Waals surface area contributed by atoms with Gasteiger partial charge in [-0.05, 0) is 45.7 Å². The molecule has 0 saturated carbocycles. The molecule has 2 aromatic heterocycles. The number of para-hydroxylation sites is 1. The van der Waals surface area contributed by atoms with Crippen molar-refractivity contribution in [1.29, 1.82) is 0 Å². The highest BCUT2D eigenvalue weighted by atomic mass is 16.5. The number of aliphatic hydroxyl groups is 1. The molecule has 1 unspecified atom stereocenters. The van der Waals surface area contributed by atoms with E-state index in [9.17, 15) is 5.11 Å². The van der Waals surface area contributed by atoms with Crippen molar-refractivity contribution in [2.45, 2.75) is 65.3 Å². The first-order valence-corrected chi connectivity index (χ1v) is 10.5. The summed E-state index contributed by atoms with van der Waals surface area (Å²) in [7, 11) is 1.60. The van der Waals surface area contributed by atoms with Gasteiger partial charge in [0.1, 0.15) is 5.75 Å². The summed E-state index contributed by atoms with van der Waals surface area (Å²) in [6.45, 7) is 10.2. The number of hydrogen-bond donors (Lipinski definition) is 4. The molecule has 0 aliphatic rings. The van der Waals surface area contributed by atoms with E-state index >= 15 is 0 Å². The number of aromatic nitrogens is 4. The molecule has 0 radical (unpaired) electrons. The topological polar surface area (TPSA) is 123 Å². The molecular weight excluding hydrogens is 394 g/mol. The van der Waals surface area contributed by atoms with Crippen LogP contribution < -0.4 is 21.1 Å². The molecule has 168 valence electrons. The molecule has 0 amide bonds. The summed E-state index contributed by atoms with van der Waals surface area (Å²) < 4.78 is 7.32. The van der Waals surface area contributed by atoms with Crippen LogP contribution in [0.4, 0.5) is 17.5 Å². The predicted octanol–water partition coefficient (Wildman–Crippen LogP) is 3.57. The van der Waals surface area contributed by atoms with Crippen LogP contribution in [0, 0.1) is 0 Å². The fourth-order valence-corrected chi connectivity index (χ4v) is 3.52. The molecule has 3 rings (SSSR count). The molecule has 0 fully saturated rings. The number of hydrogen-bond acceptors (Lipinski definition) is 8. The third-order valence-corrected chi connectivity index (χ3v) is 5.36. The molecule has 9 nitrogen and oxygen atoms in total. The van der Waals surface area contributed by atoms with E-state index in [-0.39, 0.29) is 12.1 Å². The number of fused-ring (bicyclic) bond motifs is 1. The average Bonchev–Trinajstić information content (AvgIpc) is 3.14. The van der Waals surface area contributed by atoms with Crippen LogP contribution in [-0.4, -0.2) is 43.4 Å². The summed E-state index contributed by atoms with van der Waals surface area (Å²) in [5.41, 5.74) is 8.18. The van der Waals surface area contributed by atoms with Crippen LogP contribution >= 0.6 is 0 Å². The molecule has 0 aliphatic carbocycles. The summed E-state index contributed by atoms with van der Waals surface area (Å²) in [4.78, 5) is 13.9. The van der Waals surface area contributed by atoms with E-state index < -0.39 is 5.60 Å². The Balaban J connectivity index is 1.99. The van der Waals surface area contributed by atoms with Crippen molar-refractivity contribution in [1.82, 2.24) is 19.5 Å². The number of imidazole rings is 1. The van der Waals surface area contributed by atoms with Crippen LogP contribution in [-0.2, 0) is 6.54 Å². The SMILES string of the molecule is CCC(Nc1nc(NCc2cccc(OC)c2N)c2ncn(C(C)C)c2n1)C(C)(C)O. The lowest BCUT2D eigenvalue weighted by atomic mass is 9.97. The van der Waals surface area contributed by atoms with Gasteiger partial charge in [0.05, 0.1) is 30.8 Å². The van der Waals surface area contributed by atoms with Gasteiger partial charge < -0.3 is 30.8 Å². The number of nitrogens with one attached hydrogen (secondary N) is 2. The van der Waals surface area contributed by atoms with Gasteiger partial charge in [0.25, 0.3) is 0 Å². The second-order valence-electron chi connectivity index (χ2n) is 8.46. The Kier molecular flexibility index (Phi) is 6.54. The summed E-state index contributed by atoms with van der Waals surface area (Å²) >= 11 is 0. The summed E-state index contributed by atoms with van der Waals surface area (Å²) in [6, 6.07) is 5.65. The zero-order valence-corrected chi connectivity index (χ0v) is 19.1. The summed E-state index contributed by atoms with van der Waals surface area (Å²) in [5, 5.41) is 17.1. The predicted molar refractivity (Wildman–Crippen MR) is 124 cm³/mol. The number of benzene rings is 1. The van der Waals surface area contributed by atoms with Gasteiger partial charge in [-0.2, -0.15) is 9.97 Å². The monoisotopic (exact) mass is 427 g/mol. The zero-order valence-electron chi connectivity index (χ0n) is 19.1. The molecule has 0 spiro atoms. The molecule has 3 aromatic rings. The molecule has 9 heteroatoms. The maximum absolute atomic E-state index is 10.5. The maximum atomic E-state index is 10.5. The van der Waals surface area contributed by atoms with Crippen molar-refractivity contribution in [2.24, 2.45) is 0 Å². The fraction of sp³-hybridized carbons (Fsp3) is 0.500. The Labute approximate surface area is 183 Å². The minimum atomic E-state index is -0.923. The van der Waals surface area contributed by atoms with Gasteiger partial charge in [-0.15, -0.1) is 0 Å². The smallest absolute Gasteiger partial charge is 0.227 e. The first-order chi connectivity index (χ1) is 14.7. The van der Waals surface area contributed by atoms with Crippen LogP contribution in [0.5, 0.6) is 5.75 Å². The molecule has 1 aromatic carbocycles. The van der Waals surface area contributed by atoms with Crippen LogP contribution in [0.2, 0.25) is 0 Å². The molecule has 1 atom stereocenters. The number of ether oxygens (including phenoxy) is 1. The van der Waals surface area contributed by atoms with Gasteiger partial charge in [0, 0.05) is 12.6 Å². The van der Waals surface area contributed by atoms with Gasteiger partial charge in [0.15, 0.2) is 17.0 Å². The summed E-state index contributed by atoms with van der Waals surface area (Å²) in [5.74, 6) is 1.67. The number of anilines is 3. The maximum Gasteiger partial charge on any atom is 0.227 e. The van der Waals surface area contributed by atoms with E-state index in [0.717, 1.165) is 17.6 Å². The van der Waals surface area contributed by atoms with E-state index in [1.165, 1.54) is 0 Å². The molecule has 0 aliphatic heterocycles. The minimum Gasteiger partial charge on any atom is -0.495 e. The largest absolute Gasteiger partial charge is 0.495 e. The van der Waals surface area contributed by atoms with E-state index in [4.69, 9.17) is 15.5 Å². The lowest BCUT2D eigenvalue weighted by Crippen LogP contribution is -2.41. The van der Waals surface area contributed by atoms with Gasteiger partial charge >= 0.3 is 0 Å². The normalized spacial score (nSPS) is 12.9. The summed E-state index contributed by atoms with van der Waals surface area (Å²) in [6.07, 6.45) is 2.49. The Bertz CT molecular complexity index is 1040.